The van der Waals surface area contributed by atoms with E-state index in [0.717, 1.165) is 36.1 Å². The van der Waals surface area contributed by atoms with Crippen molar-refractivity contribution >= 4 is 11.9 Å². The molecule has 28 heavy (non-hydrogen) atoms. The molecule has 1 amide bonds. The van der Waals surface area contributed by atoms with Gasteiger partial charge < -0.3 is 15.2 Å². The zero-order valence-electron chi connectivity index (χ0n) is 16.0. The van der Waals surface area contributed by atoms with Gasteiger partial charge in [-0.25, -0.2) is 0 Å². The third-order valence-corrected chi connectivity index (χ3v) is 5.28. The molecule has 2 aromatic carbocycles. The highest BCUT2D eigenvalue weighted by Crippen LogP contribution is 2.29. The molecule has 2 aromatic rings. The molecule has 1 aliphatic carbocycles. The highest BCUT2D eigenvalue weighted by Gasteiger charge is 2.30. The number of ether oxygens (including phenoxy) is 1. The van der Waals surface area contributed by atoms with Crippen molar-refractivity contribution in [3.05, 3.63) is 65.7 Å². The fraction of sp³-hybridized carbons (Fsp3) is 0.391. The molecule has 0 aliphatic heterocycles. The average Bonchev–Trinajstić information content (AvgIpc) is 2.74. The van der Waals surface area contributed by atoms with Crippen LogP contribution in [0.25, 0.3) is 0 Å². The first-order valence-electron chi connectivity index (χ1n) is 9.88. The van der Waals surface area contributed by atoms with Crippen LogP contribution in [0.2, 0.25) is 0 Å². The molecule has 0 radical (unpaired) electrons. The lowest BCUT2D eigenvalue weighted by molar-refractivity contribution is -0.144. The Bertz CT molecular complexity index is 773. The number of rotatable bonds is 8. The maximum absolute atomic E-state index is 12.3. The van der Waals surface area contributed by atoms with E-state index in [1.54, 1.807) is 0 Å². The normalized spacial score (nSPS) is 19.0. The molecule has 148 valence electrons. The van der Waals surface area contributed by atoms with E-state index in [0.29, 0.717) is 26.0 Å². The first kappa shape index (κ1) is 19.9. The third-order valence-electron chi connectivity index (χ3n) is 5.28. The Kier molecular flexibility index (Phi) is 7.06. The second kappa shape index (κ2) is 9.93. The first-order valence-corrected chi connectivity index (χ1v) is 9.88. The first-order chi connectivity index (χ1) is 13.6. The van der Waals surface area contributed by atoms with Gasteiger partial charge in [-0.2, -0.15) is 0 Å². The van der Waals surface area contributed by atoms with Crippen LogP contribution in [0, 0.1) is 11.8 Å². The highest BCUT2D eigenvalue weighted by atomic mass is 16.5. The summed E-state index contributed by atoms with van der Waals surface area (Å²) in [6, 6.07) is 17.9. The summed E-state index contributed by atoms with van der Waals surface area (Å²) in [4.78, 5) is 23.4. The number of carbonyl (C=O) groups excluding carboxylic acids is 1. The van der Waals surface area contributed by atoms with E-state index in [1.807, 2.05) is 54.6 Å². The van der Waals surface area contributed by atoms with Crippen molar-refractivity contribution in [1.29, 1.82) is 0 Å². The van der Waals surface area contributed by atoms with Crippen LogP contribution in [0.15, 0.2) is 54.6 Å². The molecule has 5 heteroatoms. The summed E-state index contributed by atoms with van der Waals surface area (Å²) >= 11 is 0. The molecular formula is C23H27NO4. The molecule has 1 aliphatic rings. The van der Waals surface area contributed by atoms with Crippen molar-refractivity contribution in [1.82, 2.24) is 5.32 Å². The van der Waals surface area contributed by atoms with Crippen LogP contribution in [-0.4, -0.2) is 23.5 Å². The highest BCUT2D eigenvalue weighted by molar-refractivity contribution is 5.80. The molecular weight excluding hydrogens is 354 g/mol. The molecule has 2 N–H and O–H groups in total. The fourth-order valence-corrected chi connectivity index (χ4v) is 3.62. The van der Waals surface area contributed by atoms with Crippen molar-refractivity contribution < 1.29 is 19.4 Å². The minimum absolute atomic E-state index is 0.0197. The summed E-state index contributed by atoms with van der Waals surface area (Å²) in [5.74, 6) is -0.545. The summed E-state index contributed by atoms with van der Waals surface area (Å²) in [7, 11) is 0. The Morgan fingerprint density at radius 2 is 1.68 bits per heavy atom. The van der Waals surface area contributed by atoms with Gasteiger partial charge in [-0.15, -0.1) is 0 Å². The number of hydrogen-bond acceptors (Lipinski definition) is 3. The number of aliphatic carboxylic acids is 1. The second-order valence-electron chi connectivity index (χ2n) is 7.36. The van der Waals surface area contributed by atoms with Gasteiger partial charge in [0, 0.05) is 12.5 Å². The topological polar surface area (TPSA) is 75.6 Å². The second-order valence-corrected chi connectivity index (χ2v) is 7.36. The van der Waals surface area contributed by atoms with Gasteiger partial charge in [0.15, 0.2) is 0 Å². The minimum atomic E-state index is -0.785. The van der Waals surface area contributed by atoms with Crippen molar-refractivity contribution in [3.8, 4) is 5.75 Å². The molecule has 3 rings (SSSR count). The van der Waals surface area contributed by atoms with Gasteiger partial charge in [-0.3, -0.25) is 9.59 Å². The van der Waals surface area contributed by atoms with E-state index < -0.39 is 5.97 Å². The SMILES string of the molecule is O=C(O)C1CCCC(C(=O)NCCc2ccc(OCc3ccccc3)cc2)C1. The summed E-state index contributed by atoms with van der Waals surface area (Å²) in [5.41, 5.74) is 2.25. The fourth-order valence-electron chi connectivity index (χ4n) is 3.62. The molecule has 1 fully saturated rings. The Balaban J connectivity index is 1.40. The zero-order valence-corrected chi connectivity index (χ0v) is 16.0. The number of nitrogens with one attached hydrogen (secondary N) is 1. The standard InChI is InChI=1S/C23H27NO4/c25-22(19-7-4-8-20(15-19)23(26)27)24-14-13-17-9-11-21(12-10-17)28-16-18-5-2-1-3-6-18/h1-3,5-6,9-12,19-20H,4,7-8,13-16H2,(H,24,25)(H,26,27). The van der Waals surface area contributed by atoms with E-state index in [9.17, 15) is 9.59 Å². The number of carboxylic acid groups (broad SMARTS) is 1. The molecule has 5 nitrogen and oxygen atoms in total. The molecule has 0 spiro atoms. The van der Waals surface area contributed by atoms with Crippen LogP contribution < -0.4 is 10.1 Å². The van der Waals surface area contributed by atoms with E-state index in [2.05, 4.69) is 5.32 Å². The Morgan fingerprint density at radius 3 is 2.39 bits per heavy atom. The predicted molar refractivity (Wildman–Crippen MR) is 107 cm³/mol. The van der Waals surface area contributed by atoms with Gasteiger partial charge in [0.25, 0.3) is 0 Å². The number of carboxylic acids is 1. The predicted octanol–water partition coefficient (Wildman–Crippen LogP) is 3.82. The Hall–Kier alpha value is -2.82. The smallest absolute Gasteiger partial charge is 0.306 e. The Morgan fingerprint density at radius 1 is 0.964 bits per heavy atom. The molecule has 2 unspecified atom stereocenters. The molecule has 0 aromatic heterocycles. The molecule has 0 saturated heterocycles. The molecule has 0 bridgehead atoms. The Labute approximate surface area is 165 Å². The van der Waals surface area contributed by atoms with E-state index >= 15 is 0 Å². The zero-order chi connectivity index (χ0) is 19.8. The largest absolute Gasteiger partial charge is 0.489 e. The van der Waals surface area contributed by atoms with Gasteiger partial charge >= 0.3 is 5.97 Å². The number of hydrogen-bond donors (Lipinski definition) is 2. The number of benzene rings is 2. The monoisotopic (exact) mass is 381 g/mol. The van der Waals surface area contributed by atoms with Crippen LogP contribution >= 0.6 is 0 Å². The van der Waals surface area contributed by atoms with Crippen molar-refractivity contribution in [2.75, 3.05) is 6.54 Å². The maximum Gasteiger partial charge on any atom is 0.306 e. The quantitative estimate of drug-likeness (QED) is 0.729. The summed E-state index contributed by atoms with van der Waals surface area (Å²) < 4.78 is 5.78. The summed E-state index contributed by atoms with van der Waals surface area (Å²) in [6.07, 6.45) is 3.45. The van der Waals surface area contributed by atoms with Crippen LogP contribution in [0.5, 0.6) is 5.75 Å². The lowest BCUT2D eigenvalue weighted by Crippen LogP contribution is -2.36. The van der Waals surface area contributed by atoms with Gasteiger partial charge in [0.2, 0.25) is 5.91 Å². The van der Waals surface area contributed by atoms with Crippen molar-refractivity contribution in [3.63, 3.8) is 0 Å². The summed E-state index contributed by atoms with van der Waals surface area (Å²) in [5, 5.41) is 12.1. The minimum Gasteiger partial charge on any atom is -0.489 e. The summed E-state index contributed by atoms with van der Waals surface area (Å²) in [6.45, 7) is 1.09. The van der Waals surface area contributed by atoms with E-state index in [-0.39, 0.29) is 17.7 Å². The van der Waals surface area contributed by atoms with Gasteiger partial charge in [-0.05, 0) is 48.9 Å². The van der Waals surface area contributed by atoms with Crippen LogP contribution in [0.1, 0.15) is 36.8 Å². The van der Waals surface area contributed by atoms with Gasteiger partial charge in [0.05, 0.1) is 5.92 Å². The number of carbonyl (C=O) groups is 2. The number of amides is 1. The third kappa shape index (κ3) is 5.84. The van der Waals surface area contributed by atoms with E-state index in [1.165, 1.54) is 0 Å². The van der Waals surface area contributed by atoms with Crippen molar-refractivity contribution in [2.45, 2.75) is 38.7 Å². The maximum atomic E-state index is 12.3. The van der Waals surface area contributed by atoms with Gasteiger partial charge in [-0.1, -0.05) is 48.9 Å². The van der Waals surface area contributed by atoms with Gasteiger partial charge in [0.1, 0.15) is 12.4 Å². The van der Waals surface area contributed by atoms with Crippen LogP contribution in [0.4, 0.5) is 0 Å². The van der Waals surface area contributed by atoms with Crippen molar-refractivity contribution in [2.24, 2.45) is 11.8 Å². The lowest BCUT2D eigenvalue weighted by atomic mass is 9.81. The van der Waals surface area contributed by atoms with E-state index in [4.69, 9.17) is 9.84 Å². The van der Waals surface area contributed by atoms with Crippen LogP contribution in [0.3, 0.4) is 0 Å². The molecule has 2 atom stereocenters. The molecule has 1 saturated carbocycles. The lowest BCUT2D eigenvalue weighted by Gasteiger charge is -2.25. The average molecular weight is 381 g/mol. The molecule has 0 heterocycles. The van der Waals surface area contributed by atoms with Crippen LogP contribution in [-0.2, 0) is 22.6 Å².